The lowest BCUT2D eigenvalue weighted by atomic mass is 10.1. The molecule has 1 unspecified atom stereocenters. The Morgan fingerprint density at radius 2 is 1.91 bits per heavy atom. The SMILES string of the molecule is C=CC(=O)N1CCN(c2ncnc3c(=O)n(C4=C(F)C=CCC4O)c(C(F)(F)F)cc23)CC1. The molecule has 3 heterocycles. The first kappa shape index (κ1) is 22.6. The van der Waals surface area contributed by atoms with Crippen molar-refractivity contribution in [2.45, 2.75) is 18.7 Å². The Labute approximate surface area is 184 Å². The Balaban J connectivity index is 1.89. The minimum atomic E-state index is -5.04. The summed E-state index contributed by atoms with van der Waals surface area (Å²) in [6, 6.07) is 0.693. The number of pyridine rings is 1. The van der Waals surface area contributed by atoms with E-state index in [1.807, 2.05) is 0 Å². The highest BCUT2D eigenvalue weighted by molar-refractivity contribution is 5.90. The Kier molecular flexibility index (Phi) is 5.78. The van der Waals surface area contributed by atoms with Crippen molar-refractivity contribution in [1.82, 2.24) is 19.4 Å². The third kappa shape index (κ3) is 4.01. The highest BCUT2D eigenvalue weighted by atomic mass is 19.4. The van der Waals surface area contributed by atoms with Crippen LogP contribution >= 0.6 is 0 Å². The monoisotopic (exact) mass is 465 g/mol. The molecule has 1 atom stereocenters. The summed E-state index contributed by atoms with van der Waals surface area (Å²) < 4.78 is 56.6. The van der Waals surface area contributed by atoms with Gasteiger partial charge in [-0.15, -0.1) is 0 Å². The Hall–Kier alpha value is -3.54. The van der Waals surface area contributed by atoms with Crippen molar-refractivity contribution in [3.8, 4) is 0 Å². The summed E-state index contributed by atoms with van der Waals surface area (Å²) in [7, 11) is 0. The molecule has 1 aliphatic carbocycles. The van der Waals surface area contributed by atoms with Crippen LogP contribution in [0, 0.1) is 0 Å². The summed E-state index contributed by atoms with van der Waals surface area (Å²) >= 11 is 0. The number of hydrogen-bond acceptors (Lipinski definition) is 6. The number of halogens is 4. The maximum Gasteiger partial charge on any atom is 0.431 e. The molecule has 4 rings (SSSR count). The van der Waals surface area contributed by atoms with E-state index in [0.717, 1.165) is 12.4 Å². The summed E-state index contributed by atoms with van der Waals surface area (Å²) in [6.45, 7) is 4.53. The van der Waals surface area contributed by atoms with Gasteiger partial charge in [0.15, 0.2) is 0 Å². The number of anilines is 1. The number of aromatic nitrogens is 3. The third-order valence-electron chi connectivity index (χ3n) is 5.57. The number of alkyl halides is 3. The van der Waals surface area contributed by atoms with Gasteiger partial charge in [-0.2, -0.15) is 13.2 Å². The van der Waals surface area contributed by atoms with Gasteiger partial charge in [-0.3, -0.25) is 14.2 Å². The molecule has 1 saturated heterocycles. The minimum absolute atomic E-state index is 0.0963. The second-order valence-corrected chi connectivity index (χ2v) is 7.53. The lowest BCUT2D eigenvalue weighted by Crippen LogP contribution is -2.48. The first-order valence-electron chi connectivity index (χ1n) is 10.0. The van der Waals surface area contributed by atoms with Gasteiger partial charge in [0.1, 0.15) is 35.3 Å². The van der Waals surface area contributed by atoms with Gasteiger partial charge in [-0.25, -0.2) is 14.4 Å². The Bertz CT molecular complexity index is 1240. The molecule has 2 aromatic rings. The van der Waals surface area contributed by atoms with E-state index in [0.29, 0.717) is 6.07 Å². The second kappa shape index (κ2) is 8.43. The van der Waals surface area contributed by atoms with Crippen LogP contribution in [0.25, 0.3) is 16.6 Å². The molecule has 1 fully saturated rings. The number of allylic oxidation sites excluding steroid dienone is 2. The number of aliphatic hydroxyl groups is 1. The average molecular weight is 465 g/mol. The molecular weight excluding hydrogens is 446 g/mol. The molecule has 0 spiro atoms. The molecule has 0 bridgehead atoms. The van der Waals surface area contributed by atoms with E-state index in [4.69, 9.17) is 0 Å². The molecule has 2 aromatic heterocycles. The summed E-state index contributed by atoms with van der Waals surface area (Å²) in [5, 5.41) is 10.0. The molecule has 2 aliphatic rings. The molecule has 1 N–H and O–H groups in total. The number of amides is 1. The van der Waals surface area contributed by atoms with Crippen molar-refractivity contribution in [1.29, 1.82) is 0 Å². The van der Waals surface area contributed by atoms with E-state index in [1.165, 1.54) is 17.1 Å². The summed E-state index contributed by atoms with van der Waals surface area (Å²) in [4.78, 5) is 36.1. The van der Waals surface area contributed by atoms with Gasteiger partial charge in [0.05, 0.1) is 11.1 Å². The topological polar surface area (TPSA) is 91.6 Å². The molecule has 1 aliphatic heterocycles. The van der Waals surface area contributed by atoms with E-state index >= 15 is 0 Å². The van der Waals surface area contributed by atoms with E-state index in [-0.39, 0.29) is 59.8 Å². The van der Waals surface area contributed by atoms with Crippen LogP contribution in [0.3, 0.4) is 0 Å². The number of carbonyl (C=O) groups is 1. The quantitative estimate of drug-likeness (QED) is 0.552. The van der Waals surface area contributed by atoms with Gasteiger partial charge in [-0.05, 0) is 24.6 Å². The zero-order chi connectivity index (χ0) is 23.9. The molecule has 0 radical (unpaired) electrons. The summed E-state index contributed by atoms with van der Waals surface area (Å²) in [6.07, 6.45) is -2.43. The van der Waals surface area contributed by atoms with Gasteiger partial charge >= 0.3 is 6.18 Å². The maximum atomic E-state index is 14.5. The summed E-state index contributed by atoms with van der Waals surface area (Å²) in [5.74, 6) is -1.31. The van der Waals surface area contributed by atoms with Crippen molar-refractivity contribution in [2.75, 3.05) is 31.1 Å². The first-order valence-corrected chi connectivity index (χ1v) is 10.0. The number of piperazine rings is 1. The van der Waals surface area contributed by atoms with Gasteiger partial charge in [0.2, 0.25) is 5.91 Å². The minimum Gasteiger partial charge on any atom is -0.386 e. The van der Waals surface area contributed by atoms with Crippen LogP contribution in [0.5, 0.6) is 0 Å². The number of rotatable bonds is 3. The molecule has 33 heavy (non-hydrogen) atoms. The Morgan fingerprint density at radius 1 is 1.21 bits per heavy atom. The van der Waals surface area contributed by atoms with Crippen molar-refractivity contribution in [3.05, 3.63) is 59.1 Å². The van der Waals surface area contributed by atoms with E-state index in [1.54, 1.807) is 4.90 Å². The smallest absolute Gasteiger partial charge is 0.386 e. The predicted molar refractivity (Wildman–Crippen MR) is 112 cm³/mol. The first-order chi connectivity index (χ1) is 15.6. The lowest BCUT2D eigenvalue weighted by Gasteiger charge is -2.35. The fourth-order valence-corrected chi connectivity index (χ4v) is 3.99. The van der Waals surface area contributed by atoms with Crippen molar-refractivity contribution in [3.63, 3.8) is 0 Å². The fraction of sp³-hybridized carbons (Fsp3) is 0.333. The summed E-state index contributed by atoms with van der Waals surface area (Å²) in [5.41, 5.74) is -3.80. The van der Waals surface area contributed by atoms with Crippen LogP contribution in [-0.2, 0) is 11.0 Å². The molecule has 174 valence electrons. The lowest BCUT2D eigenvalue weighted by molar-refractivity contribution is -0.142. The standard InChI is InChI=1S/C21H19F4N5O3/c1-2-16(32)28-6-8-29(9-7-28)19-12-10-15(21(23,24)25)30(20(33)17(12)26-11-27-19)18-13(22)4-3-5-14(18)31/h2-4,10-11,14,31H,1,5-9H2. The largest absolute Gasteiger partial charge is 0.431 e. The van der Waals surface area contributed by atoms with Crippen LogP contribution in [0.4, 0.5) is 23.4 Å². The number of aliphatic hydroxyl groups excluding tert-OH is 1. The van der Waals surface area contributed by atoms with Gasteiger partial charge in [0, 0.05) is 26.2 Å². The van der Waals surface area contributed by atoms with Crippen molar-refractivity contribution in [2.24, 2.45) is 0 Å². The number of carbonyl (C=O) groups excluding carboxylic acids is 1. The maximum absolute atomic E-state index is 14.5. The molecule has 12 heteroatoms. The van der Waals surface area contributed by atoms with Crippen LogP contribution < -0.4 is 10.5 Å². The van der Waals surface area contributed by atoms with E-state index < -0.39 is 35.1 Å². The van der Waals surface area contributed by atoms with Crippen LogP contribution in [0.2, 0.25) is 0 Å². The normalized spacial score (nSPS) is 19.4. The molecular formula is C21H19F4N5O3. The zero-order valence-corrected chi connectivity index (χ0v) is 17.2. The number of hydrogen-bond donors (Lipinski definition) is 1. The van der Waals surface area contributed by atoms with Gasteiger partial charge in [0.25, 0.3) is 5.56 Å². The van der Waals surface area contributed by atoms with Gasteiger partial charge in [-0.1, -0.05) is 12.7 Å². The number of fused-ring (bicyclic) bond motifs is 1. The second-order valence-electron chi connectivity index (χ2n) is 7.53. The third-order valence-corrected chi connectivity index (χ3v) is 5.57. The Morgan fingerprint density at radius 3 is 2.52 bits per heavy atom. The van der Waals surface area contributed by atoms with Crippen LogP contribution in [0.1, 0.15) is 12.1 Å². The van der Waals surface area contributed by atoms with Gasteiger partial charge < -0.3 is 14.9 Å². The van der Waals surface area contributed by atoms with Crippen LogP contribution in [-0.4, -0.2) is 62.7 Å². The molecule has 0 aromatic carbocycles. The fourth-order valence-electron chi connectivity index (χ4n) is 3.99. The highest BCUT2D eigenvalue weighted by Crippen LogP contribution is 2.36. The average Bonchev–Trinajstić information content (AvgIpc) is 2.78. The number of nitrogens with zero attached hydrogens (tertiary/aromatic N) is 5. The predicted octanol–water partition coefficient (Wildman–Crippen LogP) is 2.10. The molecule has 0 saturated carbocycles. The molecule has 8 nitrogen and oxygen atoms in total. The zero-order valence-electron chi connectivity index (χ0n) is 17.2. The van der Waals surface area contributed by atoms with Crippen LogP contribution in [0.15, 0.2) is 47.8 Å². The van der Waals surface area contributed by atoms with E-state index in [9.17, 15) is 32.3 Å². The highest BCUT2D eigenvalue weighted by Gasteiger charge is 2.39. The molecule has 1 amide bonds. The van der Waals surface area contributed by atoms with Crippen molar-refractivity contribution < 1.29 is 27.5 Å². The van der Waals surface area contributed by atoms with Crippen molar-refractivity contribution >= 4 is 28.3 Å². The van der Waals surface area contributed by atoms with E-state index in [2.05, 4.69) is 16.5 Å².